The fourth-order valence-corrected chi connectivity index (χ4v) is 1.93. The molecule has 0 spiro atoms. The van der Waals surface area contributed by atoms with Crippen molar-refractivity contribution >= 4 is 14.6 Å². The molecule has 0 N–H and O–H groups in total. The Labute approximate surface area is 101 Å². The van der Waals surface area contributed by atoms with E-state index in [1.807, 2.05) is 0 Å². The maximum atomic E-state index is 10.2. The van der Waals surface area contributed by atoms with Crippen molar-refractivity contribution < 1.29 is 9.22 Å². The second kappa shape index (κ2) is 6.35. The van der Waals surface area contributed by atoms with Crippen molar-refractivity contribution in [1.82, 2.24) is 0 Å². The molecule has 0 atom stereocenters. The summed E-state index contributed by atoms with van der Waals surface area (Å²) in [6.07, 6.45) is 4.53. The van der Waals surface area contributed by atoms with Gasteiger partial charge >= 0.3 is 0 Å². The van der Waals surface area contributed by atoms with Crippen LogP contribution < -0.4 is 0 Å². The Balaban J connectivity index is 4.11. The Kier molecular flexibility index (Phi) is 6.19. The number of rotatable bonds is 6. The largest absolute Gasteiger partial charge is 0.413 e. The van der Waals surface area contributed by atoms with Gasteiger partial charge in [0.1, 0.15) is 6.29 Å². The number of hydrogen-bond donors (Lipinski definition) is 0. The number of hydrogen-bond acceptors (Lipinski definition) is 2. The lowest BCUT2D eigenvalue weighted by atomic mass is 10.2. The molecule has 16 heavy (non-hydrogen) atoms. The zero-order valence-electron chi connectivity index (χ0n) is 11.6. The molecule has 0 radical (unpaired) electrons. The third kappa shape index (κ3) is 5.61. The van der Waals surface area contributed by atoms with Crippen molar-refractivity contribution in [2.75, 3.05) is 6.61 Å². The van der Waals surface area contributed by atoms with Crippen molar-refractivity contribution in [2.24, 2.45) is 0 Å². The minimum Gasteiger partial charge on any atom is -0.413 e. The Morgan fingerprint density at radius 1 is 1.31 bits per heavy atom. The summed E-state index contributed by atoms with van der Waals surface area (Å²) in [6.45, 7) is 14.0. The molecule has 0 unspecified atom stereocenters. The maximum absolute atomic E-state index is 10.2. The molecular weight excluding hydrogens is 216 g/mol. The zero-order chi connectivity index (χ0) is 12.8. The topological polar surface area (TPSA) is 26.3 Å². The Morgan fingerprint density at radius 2 is 1.88 bits per heavy atom. The highest BCUT2D eigenvalue weighted by Crippen LogP contribution is 2.36. The minimum absolute atomic E-state index is 0.261. The molecule has 0 heterocycles. The van der Waals surface area contributed by atoms with Gasteiger partial charge in [0, 0.05) is 6.42 Å². The van der Waals surface area contributed by atoms with Gasteiger partial charge in [0.05, 0.1) is 6.61 Å². The van der Waals surface area contributed by atoms with Crippen LogP contribution in [0.3, 0.4) is 0 Å². The summed E-state index contributed by atoms with van der Waals surface area (Å²) in [5.41, 5.74) is 1.24. The van der Waals surface area contributed by atoms with E-state index in [2.05, 4.69) is 46.9 Å². The fourth-order valence-electron chi connectivity index (χ4n) is 0.997. The summed E-state index contributed by atoms with van der Waals surface area (Å²) < 4.78 is 6.02. The summed E-state index contributed by atoms with van der Waals surface area (Å²) in [5, 5.41) is 0.261. The highest BCUT2D eigenvalue weighted by atomic mass is 28.4. The molecule has 0 fully saturated rings. The summed E-state index contributed by atoms with van der Waals surface area (Å²) >= 11 is 0. The predicted molar refractivity (Wildman–Crippen MR) is 72.2 cm³/mol. The molecule has 0 bridgehead atoms. The smallest absolute Gasteiger partial charge is 0.192 e. The van der Waals surface area contributed by atoms with Gasteiger partial charge in [-0.2, -0.15) is 0 Å². The average molecular weight is 242 g/mol. The van der Waals surface area contributed by atoms with Crippen LogP contribution in [0.25, 0.3) is 0 Å². The third-order valence-electron chi connectivity index (χ3n) is 3.34. The lowest BCUT2D eigenvalue weighted by Gasteiger charge is -2.35. The number of allylic oxidation sites excluding steroid dienone is 1. The highest BCUT2D eigenvalue weighted by molar-refractivity contribution is 6.74. The summed E-state index contributed by atoms with van der Waals surface area (Å²) in [6, 6.07) is 0. The monoisotopic (exact) mass is 242 g/mol. The van der Waals surface area contributed by atoms with E-state index < -0.39 is 8.32 Å². The molecule has 0 aromatic heterocycles. The van der Waals surface area contributed by atoms with Crippen LogP contribution in [0, 0.1) is 0 Å². The van der Waals surface area contributed by atoms with Crippen LogP contribution in [-0.2, 0) is 9.22 Å². The summed E-state index contributed by atoms with van der Waals surface area (Å²) in [4.78, 5) is 10.2. The molecule has 0 saturated heterocycles. The van der Waals surface area contributed by atoms with Crippen molar-refractivity contribution in [1.29, 1.82) is 0 Å². The van der Waals surface area contributed by atoms with Crippen LogP contribution in [0.15, 0.2) is 11.6 Å². The summed E-state index contributed by atoms with van der Waals surface area (Å²) in [5.74, 6) is 0. The zero-order valence-corrected chi connectivity index (χ0v) is 12.6. The van der Waals surface area contributed by atoms with Gasteiger partial charge in [0.15, 0.2) is 8.32 Å². The predicted octanol–water partition coefficient (Wildman–Crippen LogP) is 3.93. The fraction of sp³-hybridized carbons (Fsp3) is 0.769. The molecule has 0 saturated carbocycles. The van der Waals surface area contributed by atoms with Gasteiger partial charge < -0.3 is 9.22 Å². The van der Waals surface area contributed by atoms with Gasteiger partial charge in [0.2, 0.25) is 0 Å². The molecule has 0 aliphatic heterocycles. The molecule has 0 aliphatic rings. The van der Waals surface area contributed by atoms with Gasteiger partial charge in [-0.05, 0) is 31.5 Å². The van der Waals surface area contributed by atoms with E-state index in [-0.39, 0.29) is 5.04 Å². The van der Waals surface area contributed by atoms with Crippen LogP contribution in [0.2, 0.25) is 18.1 Å². The third-order valence-corrected chi connectivity index (χ3v) is 7.84. The van der Waals surface area contributed by atoms with E-state index in [1.165, 1.54) is 5.57 Å². The average Bonchev–Trinajstić information content (AvgIpc) is 2.12. The second-order valence-corrected chi connectivity index (χ2v) is 10.6. The quantitative estimate of drug-likeness (QED) is 0.401. The maximum Gasteiger partial charge on any atom is 0.192 e. The van der Waals surface area contributed by atoms with Crippen LogP contribution >= 0.6 is 0 Å². The first kappa shape index (κ1) is 15.6. The first-order valence-electron chi connectivity index (χ1n) is 5.94. The van der Waals surface area contributed by atoms with E-state index in [9.17, 15) is 4.79 Å². The van der Waals surface area contributed by atoms with Gasteiger partial charge in [-0.3, -0.25) is 0 Å². The van der Waals surface area contributed by atoms with Gasteiger partial charge in [0.25, 0.3) is 0 Å². The van der Waals surface area contributed by atoms with Gasteiger partial charge in [-0.15, -0.1) is 0 Å². The van der Waals surface area contributed by atoms with Gasteiger partial charge in [-0.1, -0.05) is 32.4 Å². The number of aldehydes is 1. The van der Waals surface area contributed by atoms with E-state index in [4.69, 9.17) is 4.43 Å². The normalized spacial score (nSPS) is 14.0. The van der Waals surface area contributed by atoms with Crippen LogP contribution in [-0.4, -0.2) is 21.2 Å². The Hall–Kier alpha value is -0.413. The second-order valence-electron chi connectivity index (χ2n) is 5.83. The molecule has 0 aliphatic carbocycles. The molecule has 3 heteroatoms. The van der Waals surface area contributed by atoms with Crippen LogP contribution in [0.1, 0.15) is 40.5 Å². The van der Waals surface area contributed by atoms with Crippen molar-refractivity contribution in [2.45, 2.75) is 58.7 Å². The van der Waals surface area contributed by atoms with Crippen molar-refractivity contribution in [3.8, 4) is 0 Å². The lowest BCUT2D eigenvalue weighted by Crippen LogP contribution is -2.40. The molecule has 0 rings (SSSR count). The number of carbonyl (C=O) groups is 1. The van der Waals surface area contributed by atoms with E-state index in [0.717, 1.165) is 12.7 Å². The summed E-state index contributed by atoms with van der Waals surface area (Å²) in [7, 11) is -1.62. The van der Waals surface area contributed by atoms with Crippen molar-refractivity contribution in [3.63, 3.8) is 0 Å². The molecular formula is C13H26O2Si. The SMILES string of the molecule is C/C(=C\CO[Si](C)(C)C(C)(C)C)CCC=O. The minimum atomic E-state index is -1.62. The van der Waals surface area contributed by atoms with Crippen LogP contribution in [0.4, 0.5) is 0 Å². The molecule has 0 aromatic rings. The van der Waals surface area contributed by atoms with E-state index in [0.29, 0.717) is 13.0 Å². The van der Waals surface area contributed by atoms with Crippen molar-refractivity contribution in [3.05, 3.63) is 11.6 Å². The molecule has 0 amide bonds. The van der Waals surface area contributed by atoms with E-state index in [1.54, 1.807) is 0 Å². The lowest BCUT2D eigenvalue weighted by molar-refractivity contribution is -0.107. The Morgan fingerprint density at radius 3 is 2.31 bits per heavy atom. The Bertz CT molecular complexity index is 249. The standard InChI is InChI=1S/C13H26O2Si/c1-12(8-7-10-14)9-11-15-16(5,6)13(2,3)4/h9-10H,7-8,11H2,1-6H3/b12-9+. The number of carbonyl (C=O) groups excluding carboxylic acids is 1. The molecule has 0 aromatic carbocycles. The van der Waals surface area contributed by atoms with Crippen LogP contribution in [0.5, 0.6) is 0 Å². The molecule has 2 nitrogen and oxygen atoms in total. The molecule has 94 valence electrons. The van der Waals surface area contributed by atoms with E-state index >= 15 is 0 Å². The van der Waals surface area contributed by atoms with Gasteiger partial charge in [-0.25, -0.2) is 0 Å². The first-order valence-corrected chi connectivity index (χ1v) is 8.85. The highest BCUT2D eigenvalue weighted by Gasteiger charge is 2.36. The first-order chi connectivity index (χ1) is 7.20.